The summed E-state index contributed by atoms with van der Waals surface area (Å²) in [6.07, 6.45) is 3.14. The van der Waals surface area contributed by atoms with Crippen LogP contribution in [-0.2, 0) is 0 Å². The monoisotopic (exact) mass is 167 g/mol. The van der Waals surface area contributed by atoms with Crippen LogP contribution in [0.2, 0.25) is 0 Å². The van der Waals surface area contributed by atoms with Gasteiger partial charge in [-0.3, -0.25) is 0 Å². The number of nitrogens with two attached hydrogens (primary N) is 1. The van der Waals surface area contributed by atoms with Crippen molar-refractivity contribution in [1.29, 1.82) is 0 Å². The zero-order valence-corrected chi connectivity index (χ0v) is 8.94. The van der Waals surface area contributed by atoms with E-state index >= 15 is 0 Å². The van der Waals surface area contributed by atoms with Crippen molar-refractivity contribution >= 4 is 0 Å². The summed E-state index contributed by atoms with van der Waals surface area (Å²) in [5.74, 6) is 0.642. The molecule has 0 amide bonds. The van der Waals surface area contributed by atoms with E-state index < -0.39 is 0 Å². The zero-order chi connectivity index (χ0) is 9.72. The summed E-state index contributed by atoms with van der Waals surface area (Å²) in [5, 5.41) is 0. The highest BCUT2D eigenvalue weighted by molar-refractivity contribution is 5.30. The van der Waals surface area contributed by atoms with Crippen molar-refractivity contribution in [3.8, 4) is 0 Å². The number of rotatable bonds is 3. The maximum absolute atomic E-state index is 5.81. The van der Waals surface area contributed by atoms with Crippen LogP contribution in [0.25, 0.3) is 0 Å². The van der Waals surface area contributed by atoms with Crippen LogP contribution in [0.5, 0.6) is 0 Å². The average molecular weight is 167 g/mol. The van der Waals surface area contributed by atoms with E-state index in [9.17, 15) is 0 Å². The lowest BCUT2D eigenvalue weighted by Gasteiger charge is -2.13. The Morgan fingerprint density at radius 1 is 1.42 bits per heavy atom. The molecule has 0 bridgehead atoms. The Morgan fingerprint density at radius 2 is 1.92 bits per heavy atom. The van der Waals surface area contributed by atoms with Gasteiger partial charge in [-0.15, -0.1) is 0 Å². The lowest BCUT2D eigenvalue weighted by Crippen LogP contribution is -2.04. The van der Waals surface area contributed by atoms with Gasteiger partial charge in [-0.1, -0.05) is 25.5 Å². The van der Waals surface area contributed by atoms with Crippen molar-refractivity contribution in [2.24, 2.45) is 11.7 Å². The molecule has 2 N–H and O–H groups in total. The fraction of sp³-hybridized carbons (Fsp3) is 0.636. The molecule has 0 aromatic heterocycles. The molecule has 0 heterocycles. The lowest BCUT2D eigenvalue weighted by molar-refractivity contribution is 0.649. The summed E-state index contributed by atoms with van der Waals surface area (Å²) < 4.78 is 0. The number of hydrogen-bond acceptors (Lipinski definition) is 1. The van der Waals surface area contributed by atoms with Gasteiger partial charge in [-0.25, -0.2) is 0 Å². The minimum absolute atomic E-state index is 0.642. The van der Waals surface area contributed by atoms with Crippen LogP contribution in [0.15, 0.2) is 22.9 Å². The molecule has 0 saturated carbocycles. The first-order valence-corrected chi connectivity index (χ1v) is 4.64. The number of allylic oxidation sites excluding steroid dienone is 3. The molecular formula is C11H21N. The van der Waals surface area contributed by atoms with Gasteiger partial charge in [0.15, 0.2) is 0 Å². The third kappa shape index (κ3) is 2.72. The van der Waals surface area contributed by atoms with E-state index in [1.807, 2.05) is 13.0 Å². The highest BCUT2D eigenvalue weighted by Crippen LogP contribution is 2.20. The van der Waals surface area contributed by atoms with Crippen molar-refractivity contribution in [1.82, 2.24) is 0 Å². The maximum Gasteiger partial charge on any atom is 0.0299 e. The smallest absolute Gasteiger partial charge is 0.0299 e. The average Bonchev–Trinajstić information content (AvgIpc) is 2.12. The fourth-order valence-corrected chi connectivity index (χ4v) is 1.12. The van der Waals surface area contributed by atoms with E-state index in [0.717, 1.165) is 5.70 Å². The Labute approximate surface area is 76.3 Å². The van der Waals surface area contributed by atoms with Gasteiger partial charge in [0.05, 0.1) is 0 Å². The van der Waals surface area contributed by atoms with Gasteiger partial charge in [0.25, 0.3) is 0 Å². The molecule has 12 heavy (non-hydrogen) atoms. The van der Waals surface area contributed by atoms with Gasteiger partial charge in [0, 0.05) is 5.70 Å². The molecule has 0 radical (unpaired) electrons. The van der Waals surface area contributed by atoms with Gasteiger partial charge in [0.1, 0.15) is 0 Å². The van der Waals surface area contributed by atoms with Crippen molar-refractivity contribution < 1.29 is 0 Å². The van der Waals surface area contributed by atoms with Gasteiger partial charge < -0.3 is 5.73 Å². The minimum atomic E-state index is 0.642. The van der Waals surface area contributed by atoms with Crippen LogP contribution in [0.4, 0.5) is 0 Å². The molecule has 0 saturated heterocycles. The fourth-order valence-electron chi connectivity index (χ4n) is 1.12. The van der Waals surface area contributed by atoms with Gasteiger partial charge >= 0.3 is 0 Å². The summed E-state index contributed by atoms with van der Waals surface area (Å²) in [7, 11) is 0. The molecule has 0 fully saturated rings. The Bertz CT molecular complexity index is 199. The minimum Gasteiger partial charge on any atom is -0.399 e. The van der Waals surface area contributed by atoms with Crippen LogP contribution in [-0.4, -0.2) is 0 Å². The Balaban J connectivity index is 4.68. The van der Waals surface area contributed by atoms with Crippen molar-refractivity contribution in [2.75, 3.05) is 0 Å². The maximum atomic E-state index is 5.81. The second-order valence-electron chi connectivity index (χ2n) is 3.36. The van der Waals surface area contributed by atoms with E-state index in [4.69, 9.17) is 5.73 Å². The lowest BCUT2D eigenvalue weighted by atomic mass is 9.94. The summed E-state index contributed by atoms with van der Waals surface area (Å²) in [4.78, 5) is 0. The van der Waals surface area contributed by atoms with Crippen LogP contribution < -0.4 is 5.73 Å². The molecule has 0 rings (SSSR count). The largest absolute Gasteiger partial charge is 0.399 e. The Morgan fingerprint density at radius 3 is 2.25 bits per heavy atom. The molecule has 1 nitrogen and oxygen atoms in total. The van der Waals surface area contributed by atoms with E-state index in [1.54, 1.807) is 0 Å². The second kappa shape index (κ2) is 5.02. The quantitative estimate of drug-likeness (QED) is 0.642. The van der Waals surface area contributed by atoms with E-state index in [1.165, 1.54) is 17.6 Å². The molecule has 0 aliphatic heterocycles. The van der Waals surface area contributed by atoms with Crippen molar-refractivity contribution in [3.05, 3.63) is 22.9 Å². The molecular weight excluding hydrogens is 146 g/mol. The number of hydrogen-bond donors (Lipinski definition) is 1. The molecule has 70 valence electrons. The highest BCUT2D eigenvalue weighted by Gasteiger charge is 2.05. The predicted octanol–water partition coefficient (Wildman–Crippen LogP) is 3.23. The van der Waals surface area contributed by atoms with Gasteiger partial charge in [-0.2, -0.15) is 0 Å². The Hall–Kier alpha value is -0.720. The van der Waals surface area contributed by atoms with Gasteiger partial charge in [-0.05, 0) is 38.7 Å². The van der Waals surface area contributed by atoms with Crippen LogP contribution >= 0.6 is 0 Å². The summed E-state index contributed by atoms with van der Waals surface area (Å²) in [5.41, 5.74) is 9.38. The summed E-state index contributed by atoms with van der Waals surface area (Å²) >= 11 is 0. The zero-order valence-electron chi connectivity index (χ0n) is 8.94. The van der Waals surface area contributed by atoms with E-state index in [-0.39, 0.29) is 0 Å². The van der Waals surface area contributed by atoms with E-state index in [2.05, 4.69) is 27.7 Å². The summed E-state index contributed by atoms with van der Waals surface area (Å²) in [6.45, 7) is 10.7. The second-order valence-corrected chi connectivity index (χ2v) is 3.36. The highest BCUT2D eigenvalue weighted by atomic mass is 14.6. The Kier molecular flexibility index (Phi) is 4.72. The normalized spacial score (nSPS) is 17.2. The predicted molar refractivity (Wildman–Crippen MR) is 55.8 cm³/mol. The molecule has 0 aliphatic carbocycles. The van der Waals surface area contributed by atoms with E-state index in [0.29, 0.717) is 5.92 Å². The molecule has 1 unspecified atom stereocenters. The third-order valence-electron chi connectivity index (χ3n) is 2.69. The summed E-state index contributed by atoms with van der Waals surface area (Å²) in [6, 6.07) is 0. The SMILES string of the molecule is C/C=C(N)\C(C)=C(\C)C(C)CC. The first kappa shape index (κ1) is 11.3. The molecule has 0 aromatic carbocycles. The first-order valence-electron chi connectivity index (χ1n) is 4.64. The standard InChI is InChI=1S/C11H21N/c1-6-8(3)9(4)10(5)11(12)7-2/h7-8H,6,12H2,1-5H3/b10-9-,11-7+. The topological polar surface area (TPSA) is 26.0 Å². The molecule has 0 spiro atoms. The first-order chi connectivity index (χ1) is 5.54. The third-order valence-corrected chi connectivity index (χ3v) is 2.69. The van der Waals surface area contributed by atoms with Crippen molar-refractivity contribution in [3.63, 3.8) is 0 Å². The molecule has 0 aliphatic rings. The molecule has 0 aromatic rings. The van der Waals surface area contributed by atoms with Gasteiger partial charge in [0.2, 0.25) is 0 Å². The van der Waals surface area contributed by atoms with Crippen LogP contribution in [0.1, 0.15) is 41.0 Å². The van der Waals surface area contributed by atoms with Crippen LogP contribution in [0.3, 0.4) is 0 Å². The molecule has 1 atom stereocenters. The van der Waals surface area contributed by atoms with Crippen molar-refractivity contribution in [2.45, 2.75) is 41.0 Å². The van der Waals surface area contributed by atoms with Crippen LogP contribution in [0, 0.1) is 5.92 Å². The molecule has 1 heteroatoms.